The minimum absolute atomic E-state index is 0.106. The number of hydrogen-bond donors (Lipinski definition) is 0. The van der Waals surface area contributed by atoms with Gasteiger partial charge >= 0.3 is 0 Å². The lowest BCUT2D eigenvalue weighted by Gasteiger charge is -2.23. The molecule has 0 bridgehead atoms. The molecular formula is C15H22N4O. The van der Waals surface area contributed by atoms with Crippen LogP contribution in [0.25, 0.3) is 0 Å². The van der Waals surface area contributed by atoms with Crippen molar-refractivity contribution in [2.24, 2.45) is 18.4 Å². The van der Waals surface area contributed by atoms with Gasteiger partial charge in [-0.2, -0.15) is 5.10 Å². The molecule has 0 aromatic carbocycles. The molecule has 1 aromatic heterocycles. The predicted molar refractivity (Wildman–Crippen MR) is 76.4 cm³/mol. The van der Waals surface area contributed by atoms with Crippen molar-refractivity contribution in [3.05, 3.63) is 12.4 Å². The van der Waals surface area contributed by atoms with Crippen molar-refractivity contribution in [2.45, 2.75) is 25.7 Å². The first-order valence-corrected chi connectivity index (χ1v) is 7.69. The van der Waals surface area contributed by atoms with E-state index in [-0.39, 0.29) is 5.41 Å². The van der Waals surface area contributed by atoms with Crippen LogP contribution < -0.4 is 4.90 Å². The van der Waals surface area contributed by atoms with Crippen molar-refractivity contribution in [3.63, 3.8) is 0 Å². The molecular weight excluding hydrogens is 252 g/mol. The van der Waals surface area contributed by atoms with Gasteiger partial charge in [0.2, 0.25) is 5.91 Å². The van der Waals surface area contributed by atoms with Gasteiger partial charge in [-0.05, 0) is 38.1 Å². The molecule has 1 atom stereocenters. The molecule has 3 heterocycles. The van der Waals surface area contributed by atoms with Gasteiger partial charge in [0.15, 0.2) is 0 Å². The van der Waals surface area contributed by atoms with Crippen LogP contribution in [0.4, 0.5) is 5.69 Å². The summed E-state index contributed by atoms with van der Waals surface area (Å²) in [5, 5.41) is 4.19. The number of carbonyl (C=O) groups excluding carboxylic acids is 1. The fourth-order valence-electron chi connectivity index (χ4n) is 3.77. The highest BCUT2D eigenvalue weighted by atomic mass is 16.2. The fraction of sp³-hybridized carbons (Fsp3) is 0.733. The molecule has 0 radical (unpaired) electrons. The number of aryl methyl sites for hydroxylation is 1. The Bertz CT molecular complexity index is 536. The van der Waals surface area contributed by atoms with E-state index in [1.165, 1.54) is 19.4 Å². The lowest BCUT2D eigenvalue weighted by molar-refractivity contribution is -0.125. The zero-order valence-electron chi connectivity index (χ0n) is 12.1. The van der Waals surface area contributed by atoms with Crippen LogP contribution in [0.1, 0.15) is 25.7 Å². The SMILES string of the molecule is Cn1cc(N2CC[C@]3(CCN(CC4CC4)C3)C2=O)cn1. The number of carbonyl (C=O) groups is 1. The largest absolute Gasteiger partial charge is 0.309 e. The molecule has 1 saturated carbocycles. The van der Waals surface area contributed by atoms with Crippen LogP contribution in [0, 0.1) is 11.3 Å². The Morgan fingerprint density at radius 3 is 2.85 bits per heavy atom. The molecule has 1 aromatic rings. The molecule has 2 aliphatic heterocycles. The first kappa shape index (κ1) is 12.4. The summed E-state index contributed by atoms with van der Waals surface area (Å²) in [7, 11) is 1.90. The van der Waals surface area contributed by atoms with Crippen LogP contribution in [0.2, 0.25) is 0 Å². The third kappa shape index (κ3) is 1.95. The van der Waals surface area contributed by atoms with Crippen molar-refractivity contribution in [1.82, 2.24) is 14.7 Å². The Morgan fingerprint density at radius 2 is 2.15 bits per heavy atom. The number of aromatic nitrogens is 2. The first-order valence-electron chi connectivity index (χ1n) is 7.69. The van der Waals surface area contributed by atoms with Crippen LogP contribution in [0.15, 0.2) is 12.4 Å². The zero-order chi connectivity index (χ0) is 13.7. The summed E-state index contributed by atoms with van der Waals surface area (Å²) in [6.07, 6.45) is 8.55. The van der Waals surface area contributed by atoms with E-state index in [2.05, 4.69) is 10.00 Å². The van der Waals surface area contributed by atoms with E-state index < -0.39 is 0 Å². The summed E-state index contributed by atoms with van der Waals surface area (Å²) >= 11 is 0. The van der Waals surface area contributed by atoms with Crippen molar-refractivity contribution in [2.75, 3.05) is 31.1 Å². The van der Waals surface area contributed by atoms with Crippen LogP contribution in [0.5, 0.6) is 0 Å². The molecule has 5 heteroatoms. The summed E-state index contributed by atoms with van der Waals surface area (Å²) in [5.74, 6) is 1.24. The second-order valence-electron chi connectivity index (χ2n) is 6.79. The lowest BCUT2D eigenvalue weighted by Crippen LogP contribution is -2.37. The van der Waals surface area contributed by atoms with E-state index in [0.717, 1.165) is 44.1 Å². The normalized spacial score (nSPS) is 30.9. The van der Waals surface area contributed by atoms with Crippen molar-refractivity contribution in [1.29, 1.82) is 0 Å². The zero-order valence-corrected chi connectivity index (χ0v) is 12.1. The van der Waals surface area contributed by atoms with Crippen molar-refractivity contribution >= 4 is 11.6 Å². The third-order valence-corrected chi connectivity index (χ3v) is 5.16. The molecule has 20 heavy (non-hydrogen) atoms. The van der Waals surface area contributed by atoms with Crippen molar-refractivity contribution in [3.8, 4) is 0 Å². The molecule has 4 rings (SSSR count). The van der Waals surface area contributed by atoms with Gasteiger partial charge in [0.05, 0.1) is 17.3 Å². The van der Waals surface area contributed by atoms with Gasteiger partial charge in [-0.15, -0.1) is 0 Å². The van der Waals surface area contributed by atoms with Gasteiger partial charge in [0, 0.05) is 32.9 Å². The highest BCUT2D eigenvalue weighted by molar-refractivity contribution is 6.00. The number of anilines is 1. The average Bonchev–Trinajstić information content (AvgIpc) is 2.84. The summed E-state index contributed by atoms with van der Waals surface area (Å²) in [6.45, 7) is 4.13. The van der Waals surface area contributed by atoms with Crippen LogP contribution >= 0.6 is 0 Å². The maximum atomic E-state index is 12.8. The summed E-state index contributed by atoms with van der Waals surface area (Å²) < 4.78 is 1.77. The highest BCUT2D eigenvalue weighted by Gasteiger charge is 2.51. The highest BCUT2D eigenvalue weighted by Crippen LogP contribution is 2.43. The Labute approximate surface area is 119 Å². The summed E-state index contributed by atoms with van der Waals surface area (Å²) in [4.78, 5) is 17.3. The summed E-state index contributed by atoms with van der Waals surface area (Å²) in [5.41, 5.74) is 0.847. The maximum absolute atomic E-state index is 12.8. The topological polar surface area (TPSA) is 41.4 Å². The Kier molecular flexibility index (Phi) is 2.67. The summed E-state index contributed by atoms with van der Waals surface area (Å²) in [6, 6.07) is 0. The molecule has 108 valence electrons. The number of hydrogen-bond acceptors (Lipinski definition) is 3. The van der Waals surface area contributed by atoms with E-state index in [4.69, 9.17) is 0 Å². The monoisotopic (exact) mass is 274 g/mol. The molecule has 1 aliphatic carbocycles. The van der Waals surface area contributed by atoms with Crippen LogP contribution in [0.3, 0.4) is 0 Å². The molecule has 1 amide bonds. The number of rotatable bonds is 3. The smallest absolute Gasteiger partial charge is 0.234 e. The Hall–Kier alpha value is -1.36. The van der Waals surface area contributed by atoms with Crippen LogP contribution in [-0.2, 0) is 11.8 Å². The van der Waals surface area contributed by atoms with Gasteiger partial charge in [-0.25, -0.2) is 0 Å². The number of likely N-dealkylation sites (tertiary alicyclic amines) is 1. The second kappa shape index (κ2) is 4.32. The number of nitrogens with zero attached hydrogens (tertiary/aromatic N) is 4. The molecule has 3 aliphatic rings. The first-order chi connectivity index (χ1) is 9.66. The van der Waals surface area contributed by atoms with E-state index >= 15 is 0 Å². The van der Waals surface area contributed by atoms with E-state index in [1.54, 1.807) is 10.9 Å². The Balaban J connectivity index is 1.49. The molecule has 1 spiro atoms. The van der Waals surface area contributed by atoms with Gasteiger partial charge in [-0.1, -0.05) is 0 Å². The van der Waals surface area contributed by atoms with Gasteiger partial charge in [0.25, 0.3) is 0 Å². The quantitative estimate of drug-likeness (QED) is 0.833. The lowest BCUT2D eigenvalue weighted by atomic mass is 9.85. The molecule has 5 nitrogen and oxygen atoms in total. The Morgan fingerprint density at radius 1 is 1.35 bits per heavy atom. The van der Waals surface area contributed by atoms with Crippen LogP contribution in [-0.4, -0.2) is 46.8 Å². The van der Waals surface area contributed by atoms with E-state index in [9.17, 15) is 4.79 Å². The van der Waals surface area contributed by atoms with Gasteiger partial charge in [0.1, 0.15) is 0 Å². The van der Waals surface area contributed by atoms with E-state index in [1.807, 2.05) is 18.1 Å². The van der Waals surface area contributed by atoms with Crippen molar-refractivity contribution < 1.29 is 4.79 Å². The number of amides is 1. The fourth-order valence-corrected chi connectivity index (χ4v) is 3.77. The molecule has 0 unspecified atom stereocenters. The molecule has 2 saturated heterocycles. The standard InChI is InChI=1S/C15H22N4O/c1-17-10-13(8-16-17)19-7-5-15(14(19)20)4-6-18(11-15)9-12-2-3-12/h8,10,12H,2-7,9,11H2,1H3/t15-/m0/s1. The average molecular weight is 274 g/mol. The molecule has 3 fully saturated rings. The minimum atomic E-state index is -0.106. The minimum Gasteiger partial charge on any atom is -0.309 e. The predicted octanol–water partition coefficient (Wildman–Crippen LogP) is 1.26. The van der Waals surface area contributed by atoms with Gasteiger partial charge in [-0.3, -0.25) is 9.48 Å². The third-order valence-electron chi connectivity index (χ3n) is 5.16. The molecule has 0 N–H and O–H groups in total. The second-order valence-corrected chi connectivity index (χ2v) is 6.79. The maximum Gasteiger partial charge on any atom is 0.234 e. The van der Waals surface area contributed by atoms with Gasteiger partial charge < -0.3 is 9.80 Å². The van der Waals surface area contributed by atoms with E-state index in [0.29, 0.717) is 5.91 Å².